The minimum absolute atomic E-state index is 0.0252. The van der Waals surface area contributed by atoms with Crippen LogP contribution < -0.4 is 4.74 Å². The minimum atomic E-state index is -0.947. The van der Waals surface area contributed by atoms with Gasteiger partial charge in [0.25, 0.3) is 0 Å². The second kappa shape index (κ2) is 4.95. The van der Waals surface area contributed by atoms with E-state index in [2.05, 4.69) is 15.9 Å². The Morgan fingerprint density at radius 1 is 1.57 bits per heavy atom. The summed E-state index contributed by atoms with van der Waals surface area (Å²) in [7, 11) is 0. The summed E-state index contributed by atoms with van der Waals surface area (Å²) in [4.78, 5) is 10.2. The molecule has 1 aromatic carbocycles. The van der Waals surface area contributed by atoms with Gasteiger partial charge in [-0.1, -0.05) is 6.07 Å². The van der Waals surface area contributed by atoms with Gasteiger partial charge < -0.3 is 9.84 Å². The molecule has 0 bridgehead atoms. The Labute approximate surface area is 88.6 Å². The molecule has 0 fully saturated rings. The highest BCUT2D eigenvalue weighted by Gasteiger charge is 2.06. The summed E-state index contributed by atoms with van der Waals surface area (Å²) in [5.74, 6) is -1.07. The number of carboxylic acids is 1. The molecule has 0 aliphatic heterocycles. The molecule has 0 atom stereocenters. The molecular formula is C9H8BrFO3. The Hall–Kier alpha value is -1.10. The summed E-state index contributed by atoms with van der Waals surface area (Å²) >= 11 is 3.00. The van der Waals surface area contributed by atoms with Crippen LogP contribution in [-0.4, -0.2) is 17.7 Å². The van der Waals surface area contributed by atoms with Gasteiger partial charge in [0, 0.05) is 0 Å². The fourth-order valence-electron chi connectivity index (χ4n) is 0.844. The van der Waals surface area contributed by atoms with E-state index >= 15 is 0 Å². The van der Waals surface area contributed by atoms with E-state index in [1.165, 1.54) is 12.1 Å². The average molecular weight is 263 g/mol. The smallest absolute Gasteiger partial charge is 0.306 e. The summed E-state index contributed by atoms with van der Waals surface area (Å²) in [6.07, 6.45) is -0.108. The highest BCUT2D eigenvalue weighted by Crippen LogP contribution is 2.27. The van der Waals surface area contributed by atoms with Gasteiger partial charge in [-0.15, -0.1) is 0 Å². The van der Waals surface area contributed by atoms with E-state index in [4.69, 9.17) is 9.84 Å². The Morgan fingerprint density at radius 3 is 2.93 bits per heavy atom. The third kappa shape index (κ3) is 2.99. The summed E-state index contributed by atoms with van der Waals surface area (Å²) in [6.45, 7) is 0.0252. The first-order valence-corrected chi connectivity index (χ1v) is 4.69. The Bertz CT molecular complexity index is 341. The molecule has 0 spiro atoms. The van der Waals surface area contributed by atoms with Crippen molar-refractivity contribution in [3.63, 3.8) is 0 Å². The predicted octanol–water partition coefficient (Wildman–Crippen LogP) is 2.44. The number of carboxylic acid groups (broad SMARTS) is 1. The third-order valence-electron chi connectivity index (χ3n) is 1.49. The molecule has 0 aliphatic carbocycles. The highest BCUT2D eigenvalue weighted by molar-refractivity contribution is 9.10. The SMILES string of the molecule is O=C(O)CCOc1cccc(F)c1Br. The lowest BCUT2D eigenvalue weighted by molar-refractivity contribution is -0.137. The normalized spacial score (nSPS) is 9.86. The first-order chi connectivity index (χ1) is 6.61. The van der Waals surface area contributed by atoms with Gasteiger partial charge in [-0.3, -0.25) is 4.79 Å². The maximum atomic E-state index is 12.9. The molecule has 0 aromatic heterocycles. The second-order valence-electron chi connectivity index (χ2n) is 2.54. The number of carbonyl (C=O) groups is 1. The summed E-state index contributed by atoms with van der Waals surface area (Å²) in [5.41, 5.74) is 0. The molecule has 3 nitrogen and oxygen atoms in total. The number of aliphatic carboxylic acids is 1. The van der Waals surface area contributed by atoms with Crippen LogP contribution in [0.1, 0.15) is 6.42 Å². The zero-order valence-corrected chi connectivity index (χ0v) is 8.75. The lowest BCUT2D eigenvalue weighted by atomic mass is 10.3. The molecule has 76 valence electrons. The summed E-state index contributed by atoms with van der Waals surface area (Å²) < 4.78 is 18.2. The fraction of sp³-hybridized carbons (Fsp3) is 0.222. The number of hydrogen-bond donors (Lipinski definition) is 1. The van der Waals surface area contributed by atoms with Gasteiger partial charge >= 0.3 is 5.97 Å². The van der Waals surface area contributed by atoms with Crippen molar-refractivity contribution in [2.75, 3.05) is 6.61 Å². The molecule has 0 aliphatic rings. The number of halogens is 2. The Balaban J connectivity index is 2.59. The Kier molecular flexibility index (Phi) is 3.88. The van der Waals surface area contributed by atoms with Crippen LogP contribution in [0.15, 0.2) is 22.7 Å². The predicted molar refractivity (Wildman–Crippen MR) is 51.8 cm³/mol. The van der Waals surface area contributed by atoms with E-state index < -0.39 is 11.8 Å². The van der Waals surface area contributed by atoms with Gasteiger partial charge in [0.15, 0.2) is 0 Å². The average Bonchev–Trinajstić information content (AvgIpc) is 2.12. The van der Waals surface area contributed by atoms with Crippen LogP contribution in [0.2, 0.25) is 0 Å². The molecular weight excluding hydrogens is 255 g/mol. The zero-order chi connectivity index (χ0) is 10.6. The second-order valence-corrected chi connectivity index (χ2v) is 3.34. The van der Waals surface area contributed by atoms with Crippen LogP contribution >= 0.6 is 15.9 Å². The summed E-state index contributed by atoms with van der Waals surface area (Å²) in [6, 6.07) is 4.35. The van der Waals surface area contributed by atoms with Crippen molar-refractivity contribution in [2.45, 2.75) is 6.42 Å². The van der Waals surface area contributed by atoms with Crippen molar-refractivity contribution in [1.29, 1.82) is 0 Å². The third-order valence-corrected chi connectivity index (χ3v) is 2.26. The van der Waals surface area contributed by atoms with Crippen LogP contribution in [0.5, 0.6) is 5.75 Å². The topological polar surface area (TPSA) is 46.5 Å². The maximum Gasteiger partial charge on any atom is 0.306 e. The highest BCUT2D eigenvalue weighted by atomic mass is 79.9. The van der Waals surface area contributed by atoms with Gasteiger partial charge in [-0.25, -0.2) is 4.39 Å². The van der Waals surface area contributed by atoms with Crippen LogP contribution in [0, 0.1) is 5.82 Å². The molecule has 5 heteroatoms. The van der Waals surface area contributed by atoms with E-state index in [0.717, 1.165) is 0 Å². The molecule has 1 N–H and O–H groups in total. The van der Waals surface area contributed by atoms with E-state index in [9.17, 15) is 9.18 Å². The molecule has 0 radical (unpaired) electrons. The maximum absolute atomic E-state index is 12.9. The molecule has 1 aromatic rings. The molecule has 1 rings (SSSR count). The number of hydrogen-bond acceptors (Lipinski definition) is 2. The van der Waals surface area contributed by atoms with Gasteiger partial charge in [0.2, 0.25) is 0 Å². The van der Waals surface area contributed by atoms with Crippen molar-refractivity contribution in [2.24, 2.45) is 0 Å². The van der Waals surface area contributed by atoms with E-state index in [-0.39, 0.29) is 17.5 Å². The molecule has 0 saturated carbocycles. The van der Waals surface area contributed by atoms with Crippen molar-refractivity contribution < 1.29 is 19.0 Å². The molecule has 0 heterocycles. The number of benzene rings is 1. The standard InChI is InChI=1S/C9H8BrFO3/c10-9-6(11)2-1-3-7(9)14-5-4-8(12)13/h1-3H,4-5H2,(H,12,13). The van der Waals surface area contributed by atoms with Crippen molar-refractivity contribution >= 4 is 21.9 Å². The van der Waals surface area contributed by atoms with Crippen LogP contribution in [0.25, 0.3) is 0 Å². The molecule has 14 heavy (non-hydrogen) atoms. The Morgan fingerprint density at radius 2 is 2.29 bits per heavy atom. The first-order valence-electron chi connectivity index (χ1n) is 3.90. The van der Waals surface area contributed by atoms with Crippen molar-refractivity contribution in [3.8, 4) is 5.75 Å². The van der Waals surface area contributed by atoms with Crippen LogP contribution in [0.4, 0.5) is 4.39 Å². The summed E-state index contributed by atoms with van der Waals surface area (Å²) in [5, 5.41) is 8.35. The van der Waals surface area contributed by atoms with Crippen molar-refractivity contribution in [1.82, 2.24) is 0 Å². The molecule has 0 unspecified atom stereocenters. The first kappa shape index (κ1) is 11.0. The number of rotatable bonds is 4. The van der Waals surface area contributed by atoms with E-state index in [1.54, 1.807) is 6.07 Å². The van der Waals surface area contributed by atoms with E-state index in [1.807, 2.05) is 0 Å². The van der Waals surface area contributed by atoms with Gasteiger partial charge in [-0.2, -0.15) is 0 Å². The lowest BCUT2D eigenvalue weighted by Gasteiger charge is -2.06. The monoisotopic (exact) mass is 262 g/mol. The quantitative estimate of drug-likeness (QED) is 0.907. The number of ether oxygens (including phenoxy) is 1. The van der Waals surface area contributed by atoms with E-state index in [0.29, 0.717) is 5.75 Å². The van der Waals surface area contributed by atoms with Crippen LogP contribution in [-0.2, 0) is 4.79 Å². The minimum Gasteiger partial charge on any atom is -0.492 e. The van der Waals surface area contributed by atoms with Crippen LogP contribution in [0.3, 0.4) is 0 Å². The van der Waals surface area contributed by atoms with Gasteiger partial charge in [0.1, 0.15) is 11.6 Å². The van der Waals surface area contributed by atoms with Gasteiger partial charge in [-0.05, 0) is 28.1 Å². The molecule has 0 amide bonds. The fourth-order valence-corrected chi connectivity index (χ4v) is 1.22. The lowest BCUT2D eigenvalue weighted by Crippen LogP contribution is -2.05. The molecule has 0 saturated heterocycles. The largest absolute Gasteiger partial charge is 0.492 e. The zero-order valence-electron chi connectivity index (χ0n) is 7.17. The van der Waals surface area contributed by atoms with Gasteiger partial charge in [0.05, 0.1) is 17.5 Å². The van der Waals surface area contributed by atoms with Crippen molar-refractivity contribution in [3.05, 3.63) is 28.5 Å².